The number of para-hydroxylation sites is 1. The number of halogens is 1. The number of hydrazine groups is 1. The molecule has 26 heavy (non-hydrogen) atoms. The number of amides is 2. The summed E-state index contributed by atoms with van der Waals surface area (Å²) in [6.45, 7) is -0.284. The Hall–Kier alpha value is -3.32. The summed E-state index contributed by atoms with van der Waals surface area (Å²) < 4.78 is 5.25. The molecule has 132 valence electrons. The standard InChI is InChI=1S/C18H14ClN3O4/c19-11-6-7-15-13(8-11)17(24)14(9-20-15)18(25)22-21-16(23)10-26-12-4-2-1-3-5-12/h1-9H,10H2,(H,20,24)(H,21,23)(H,22,25). The lowest BCUT2D eigenvalue weighted by molar-refractivity contribution is -0.123. The first-order valence-electron chi connectivity index (χ1n) is 7.62. The third kappa shape index (κ3) is 4.01. The molecule has 7 nitrogen and oxygen atoms in total. The number of hydrogen-bond acceptors (Lipinski definition) is 4. The van der Waals surface area contributed by atoms with E-state index in [4.69, 9.17) is 16.3 Å². The second-order valence-electron chi connectivity index (χ2n) is 5.33. The van der Waals surface area contributed by atoms with E-state index >= 15 is 0 Å². The Morgan fingerprint density at radius 3 is 2.62 bits per heavy atom. The molecular weight excluding hydrogens is 358 g/mol. The van der Waals surface area contributed by atoms with Crippen molar-refractivity contribution in [3.63, 3.8) is 0 Å². The minimum atomic E-state index is -0.749. The van der Waals surface area contributed by atoms with Gasteiger partial charge in [0.1, 0.15) is 11.3 Å². The van der Waals surface area contributed by atoms with Crippen molar-refractivity contribution in [2.45, 2.75) is 0 Å². The van der Waals surface area contributed by atoms with Gasteiger partial charge in [0.2, 0.25) is 5.43 Å². The zero-order chi connectivity index (χ0) is 18.5. The molecule has 1 aromatic heterocycles. The van der Waals surface area contributed by atoms with Crippen LogP contribution in [0, 0.1) is 0 Å². The van der Waals surface area contributed by atoms with Gasteiger partial charge in [-0.3, -0.25) is 25.2 Å². The average Bonchev–Trinajstić information content (AvgIpc) is 2.66. The van der Waals surface area contributed by atoms with Crippen LogP contribution in [0.15, 0.2) is 59.5 Å². The van der Waals surface area contributed by atoms with Crippen molar-refractivity contribution in [2.24, 2.45) is 0 Å². The zero-order valence-electron chi connectivity index (χ0n) is 13.4. The first kappa shape index (κ1) is 17.5. The molecule has 0 fully saturated rings. The highest BCUT2D eigenvalue weighted by molar-refractivity contribution is 6.31. The third-order valence-electron chi connectivity index (χ3n) is 3.52. The van der Waals surface area contributed by atoms with Gasteiger partial charge in [-0.05, 0) is 30.3 Å². The van der Waals surface area contributed by atoms with Crippen LogP contribution in [-0.4, -0.2) is 23.4 Å². The molecule has 0 saturated heterocycles. The number of carbonyl (C=O) groups is 2. The molecule has 0 aliphatic rings. The highest BCUT2D eigenvalue weighted by atomic mass is 35.5. The summed E-state index contributed by atoms with van der Waals surface area (Å²) in [5.41, 5.74) is 4.29. The summed E-state index contributed by atoms with van der Waals surface area (Å²) in [6.07, 6.45) is 1.28. The van der Waals surface area contributed by atoms with Gasteiger partial charge in [0.05, 0.1) is 0 Å². The monoisotopic (exact) mass is 371 g/mol. The first-order chi connectivity index (χ1) is 12.5. The van der Waals surface area contributed by atoms with E-state index in [9.17, 15) is 14.4 Å². The molecule has 1 heterocycles. The number of hydrogen-bond donors (Lipinski definition) is 3. The summed E-state index contributed by atoms with van der Waals surface area (Å²) >= 11 is 5.89. The van der Waals surface area contributed by atoms with E-state index < -0.39 is 17.2 Å². The van der Waals surface area contributed by atoms with E-state index in [0.717, 1.165) is 0 Å². The minimum Gasteiger partial charge on any atom is -0.484 e. The van der Waals surface area contributed by atoms with Crippen LogP contribution in [0.2, 0.25) is 5.02 Å². The topological polar surface area (TPSA) is 100 Å². The second-order valence-corrected chi connectivity index (χ2v) is 5.76. The van der Waals surface area contributed by atoms with E-state index in [1.165, 1.54) is 12.3 Å². The molecule has 0 saturated carbocycles. The smallest absolute Gasteiger partial charge is 0.276 e. The number of ether oxygens (including phenoxy) is 1. The summed E-state index contributed by atoms with van der Waals surface area (Å²) in [5.74, 6) is -0.791. The molecule has 0 atom stereocenters. The molecule has 0 radical (unpaired) electrons. The van der Waals surface area contributed by atoms with Crippen molar-refractivity contribution in [1.82, 2.24) is 15.8 Å². The summed E-state index contributed by atoms with van der Waals surface area (Å²) in [7, 11) is 0. The molecule has 3 aromatic rings. The van der Waals surface area contributed by atoms with Gasteiger partial charge in [-0.15, -0.1) is 0 Å². The van der Waals surface area contributed by atoms with Crippen LogP contribution in [-0.2, 0) is 4.79 Å². The fourth-order valence-electron chi connectivity index (χ4n) is 2.25. The van der Waals surface area contributed by atoms with Crippen LogP contribution in [0.25, 0.3) is 10.9 Å². The fraction of sp³-hybridized carbons (Fsp3) is 0.0556. The van der Waals surface area contributed by atoms with Crippen molar-refractivity contribution in [2.75, 3.05) is 6.61 Å². The van der Waals surface area contributed by atoms with Gasteiger partial charge >= 0.3 is 0 Å². The molecule has 0 aliphatic carbocycles. The Morgan fingerprint density at radius 1 is 1.08 bits per heavy atom. The number of carbonyl (C=O) groups excluding carboxylic acids is 2. The average molecular weight is 372 g/mol. The summed E-state index contributed by atoms with van der Waals surface area (Å²) in [5, 5.41) is 0.663. The lowest BCUT2D eigenvalue weighted by atomic mass is 10.1. The van der Waals surface area contributed by atoms with Gasteiger partial charge in [0.15, 0.2) is 6.61 Å². The van der Waals surface area contributed by atoms with Crippen LogP contribution in [0.5, 0.6) is 5.75 Å². The van der Waals surface area contributed by atoms with Gasteiger partial charge in [0, 0.05) is 22.1 Å². The molecule has 2 aromatic carbocycles. The van der Waals surface area contributed by atoms with Crippen LogP contribution in [0.1, 0.15) is 10.4 Å². The van der Waals surface area contributed by atoms with Gasteiger partial charge in [-0.2, -0.15) is 0 Å². The van der Waals surface area contributed by atoms with Crippen molar-refractivity contribution >= 4 is 34.3 Å². The Labute approximate surface area is 152 Å². The molecule has 3 N–H and O–H groups in total. The van der Waals surface area contributed by atoms with Gasteiger partial charge in [-0.25, -0.2) is 0 Å². The van der Waals surface area contributed by atoms with E-state index in [-0.39, 0.29) is 17.6 Å². The normalized spacial score (nSPS) is 10.3. The number of nitrogens with one attached hydrogen (secondary N) is 3. The Balaban J connectivity index is 1.63. The first-order valence-corrected chi connectivity index (χ1v) is 8.00. The van der Waals surface area contributed by atoms with E-state index in [2.05, 4.69) is 15.8 Å². The highest BCUT2D eigenvalue weighted by Gasteiger charge is 2.14. The summed E-state index contributed by atoms with van der Waals surface area (Å²) in [4.78, 5) is 39.1. The third-order valence-corrected chi connectivity index (χ3v) is 3.75. The summed E-state index contributed by atoms with van der Waals surface area (Å²) in [6, 6.07) is 13.5. The molecule has 0 unspecified atom stereocenters. The van der Waals surface area contributed by atoms with Gasteiger partial charge in [0.25, 0.3) is 11.8 Å². The highest BCUT2D eigenvalue weighted by Crippen LogP contribution is 2.15. The minimum absolute atomic E-state index is 0.149. The lowest BCUT2D eigenvalue weighted by Crippen LogP contribution is -2.45. The van der Waals surface area contributed by atoms with Crippen LogP contribution in [0.3, 0.4) is 0 Å². The number of pyridine rings is 1. The van der Waals surface area contributed by atoms with Crippen LogP contribution in [0.4, 0.5) is 0 Å². The van der Waals surface area contributed by atoms with Gasteiger partial charge < -0.3 is 9.72 Å². The number of benzene rings is 2. The largest absolute Gasteiger partial charge is 0.484 e. The molecule has 0 aliphatic heterocycles. The van der Waals surface area contributed by atoms with Crippen molar-refractivity contribution in [1.29, 1.82) is 0 Å². The number of H-pyrrole nitrogens is 1. The van der Waals surface area contributed by atoms with Crippen molar-refractivity contribution < 1.29 is 14.3 Å². The number of aromatic nitrogens is 1. The van der Waals surface area contributed by atoms with Crippen LogP contribution < -0.4 is 21.0 Å². The molecular formula is C18H14ClN3O4. The predicted octanol–water partition coefficient (Wildman–Crippen LogP) is 2.02. The maximum Gasteiger partial charge on any atom is 0.276 e. The molecule has 3 rings (SSSR count). The van der Waals surface area contributed by atoms with E-state index in [0.29, 0.717) is 16.3 Å². The maximum absolute atomic E-state index is 12.4. The quantitative estimate of drug-likeness (QED) is 0.611. The SMILES string of the molecule is O=C(COc1ccccc1)NNC(=O)c1c[nH]c2ccc(Cl)cc2c1=O. The van der Waals surface area contributed by atoms with E-state index in [1.54, 1.807) is 36.4 Å². The molecule has 8 heteroatoms. The Bertz CT molecular complexity index is 1020. The Kier molecular flexibility index (Phi) is 5.19. The fourth-order valence-corrected chi connectivity index (χ4v) is 2.43. The second kappa shape index (κ2) is 7.71. The van der Waals surface area contributed by atoms with Gasteiger partial charge in [-0.1, -0.05) is 29.8 Å². The lowest BCUT2D eigenvalue weighted by Gasteiger charge is -2.09. The zero-order valence-corrected chi connectivity index (χ0v) is 14.2. The molecule has 2 amide bonds. The van der Waals surface area contributed by atoms with Crippen LogP contribution >= 0.6 is 11.6 Å². The number of fused-ring (bicyclic) bond motifs is 1. The van der Waals surface area contributed by atoms with E-state index in [1.807, 2.05) is 6.07 Å². The maximum atomic E-state index is 12.4. The number of aromatic amines is 1. The molecule has 0 spiro atoms. The van der Waals surface area contributed by atoms with Crippen molar-refractivity contribution in [3.8, 4) is 5.75 Å². The predicted molar refractivity (Wildman–Crippen MR) is 97.1 cm³/mol. The van der Waals surface area contributed by atoms with Crippen molar-refractivity contribution in [3.05, 3.63) is 75.5 Å². The molecule has 0 bridgehead atoms. The number of rotatable bonds is 4. The Morgan fingerprint density at radius 2 is 1.85 bits per heavy atom.